The zero-order valence-corrected chi connectivity index (χ0v) is 17.0. The second kappa shape index (κ2) is 10.2. The molecular formula is C21H27N3O3S. The summed E-state index contributed by atoms with van der Waals surface area (Å²) in [6.07, 6.45) is 2.65. The summed E-state index contributed by atoms with van der Waals surface area (Å²) >= 11 is 1.48. The fourth-order valence-electron chi connectivity index (χ4n) is 3.42. The second-order valence-electron chi connectivity index (χ2n) is 6.85. The topological polar surface area (TPSA) is 70.7 Å². The Labute approximate surface area is 169 Å². The molecule has 1 atom stereocenters. The largest absolute Gasteiger partial charge is 0.497 e. The van der Waals surface area contributed by atoms with Crippen LogP contribution in [0, 0.1) is 0 Å². The van der Waals surface area contributed by atoms with Crippen LogP contribution in [0.2, 0.25) is 0 Å². The van der Waals surface area contributed by atoms with Crippen molar-refractivity contribution >= 4 is 23.2 Å². The lowest BCUT2D eigenvalue weighted by Crippen LogP contribution is -2.38. The summed E-state index contributed by atoms with van der Waals surface area (Å²) < 4.78 is 5.25. The van der Waals surface area contributed by atoms with Gasteiger partial charge in [-0.2, -0.15) is 11.3 Å². The molecule has 0 radical (unpaired) electrons. The summed E-state index contributed by atoms with van der Waals surface area (Å²) in [7, 11) is 1.66. The first-order valence-electron chi connectivity index (χ1n) is 9.62. The molecule has 0 bridgehead atoms. The van der Waals surface area contributed by atoms with Gasteiger partial charge < -0.3 is 15.4 Å². The van der Waals surface area contributed by atoms with Gasteiger partial charge in [-0.3, -0.25) is 14.5 Å². The van der Waals surface area contributed by atoms with Gasteiger partial charge in [-0.15, -0.1) is 0 Å². The van der Waals surface area contributed by atoms with E-state index in [2.05, 4.69) is 27.7 Å². The van der Waals surface area contributed by atoms with Crippen LogP contribution in [-0.2, 0) is 4.79 Å². The molecule has 1 fully saturated rings. The number of hydrogen-bond acceptors (Lipinski definition) is 5. The molecule has 1 aromatic heterocycles. The zero-order chi connectivity index (χ0) is 19.8. The molecule has 2 amide bonds. The number of nitrogens with zero attached hydrogens (tertiary/aromatic N) is 1. The Balaban J connectivity index is 1.49. The molecule has 1 aliphatic rings. The van der Waals surface area contributed by atoms with E-state index in [1.807, 2.05) is 17.5 Å². The van der Waals surface area contributed by atoms with E-state index >= 15 is 0 Å². The van der Waals surface area contributed by atoms with Crippen LogP contribution >= 0.6 is 11.3 Å². The number of rotatable bonds is 9. The van der Waals surface area contributed by atoms with Gasteiger partial charge in [0.25, 0.3) is 5.91 Å². The van der Waals surface area contributed by atoms with Crippen molar-refractivity contribution in [1.29, 1.82) is 0 Å². The van der Waals surface area contributed by atoms with Crippen molar-refractivity contribution in [3.8, 4) is 5.75 Å². The minimum absolute atomic E-state index is 0.0525. The number of amides is 2. The van der Waals surface area contributed by atoms with Crippen LogP contribution in [0.4, 0.5) is 0 Å². The van der Waals surface area contributed by atoms with Crippen LogP contribution in [0.1, 0.15) is 41.2 Å². The standard InChI is InChI=1S/C21H27N3O3S/c1-27-18-6-4-16(5-7-18)19(24-11-2-3-12-24)14-23-20(25)8-10-22-21(26)17-9-13-28-15-17/h4-7,9,13,15,19H,2-3,8,10-12,14H2,1H3,(H,22,26)(H,23,25)/t19-/m0/s1. The Morgan fingerprint density at radius 1 is 1.14 bits per heavy atom. The predicted molar refractivity (Wildman–Crippen MR) is 111 cm³/mol. The molecule has 1 aromatic carbocycles. The lowest BCUT2D eigenvalue weighted by molar-refractivity contribution is -0.121. The molecule has 6 nitrogen and oxygen atoms in total. The average molecular weight is 402 g/mol. The van der Waals surface area contributed by atoms with Crippen LogP contribution in [0.25, 0.3) is 0 Å². The van der Waals surface area contributed by atoms with Crippen LogP contribution in [0.15, 0.2) is 41.1 Å². The zero-order valence-electron chi connectivity index (χ0n) is 16.1. The Morgan fingerprint density at radius 2 is 1.89 bits per heavy atom. The van der Waals surface area contributed by atoms with Gasteiger partial charge in [0.2, 0.25) is 5.91 Å². The predicted octanol–water partition coefficient (Wildman–Crippen LogP) is 2.83. The Bertz CT molecular complexity index is 756. The third-order valence-corrected chi connectivity index (χ3v) is 5.68. The maximum Gasteiger partial charge on any atom is 0.252 e. The quantitative estimate of drug-likeness (QED) is 0.678. The van der Waals surface area contributed by atoms with Crippen molar-refractivity contribution in [2.45, 2.75) is 25.3 Å². The average Bonchev–Trinajstić information content (AvgIpc) is 3.43. The van der Waals surface area contributed by atoms with Crippen molar-refractivity contribution in [1.82, 2.24) is 15.5 Å². The maximum atomic E-state index is 12.3. The summed E-state index contributed by atoms with van der Waals surface area (Å²) in [5, 5.41) is 9.48. The van der Waals surface area contributed by atoms with E-state index < -0.39 is 0 Å². The Morgan fingerprint density at radius 3 is 2.54 bits per heavy atom. The molecule has 0 saturated carbocycles. The van der Waals surface area contributed by atoms with Crippen molar-refractivity contribution in [2.75, 3.05) is 33.3 Å². The van der Waals surface area contributed by atoms with E-state index in [0.717, 1.165) is 18.8 Å². The molecular weight excluding hydrogens is 374 g/mol. The molecule has 7 heteroatoms. The first kappa shape index (κ1) is 20.4. The van der Waals surface area contributed by atoms with Gasteiger partial charge in [-0.05, 0) is 55.1 Å². The number of likely N-dealkylation sites (tertiary alicyclic amines) is 1. The van der Waals surface area contributed by atoms with Gasteiger partial charge in [0, 0.05) is 30.5 Å². The summed E-state index contributed by atoms with van der Waals surface area (Å²) in [4.78, 5) is 26.6. The molecule has 1 saturated heterocycles. The van der Waals surface area contributed by atoms with Gasteiger partial charge in [0.05, 0.1) is 13.2 Å². The number of nitrogens with one attached hydrogen (secondary N) is 2. The number of benzene rings is 1. The molecule has 0 spiro atoms. The molecule has 3 rings (SSSR count). The Kier molecular flexibility index (Phi) is 7.45. The van der Waals surface area contributed by atoms with E-state index in [1.165, 1.54) is 29.7 Å². The van der Waals surface area contributed by atoms with E-state index in [1.54, 1.807) is 18.6 Å². The first-order valence-corrected chi connectivity index (χ1v) is 10.6. The highest BCUT2D eigenvalue weighted by Crippen LogP contribution is 2.26. The molecule has 2 aromatic rings. The van der Waals surface area contributed by atoms with Gasteiger partial charge in [0.1, 0.15) is 5.75 Å². The fourth-order valence-corrected chi connectivity index (χ4v) is 4.06. The van der Waals surface area contributed by atoms with Crippen LogP contribution in [0.3, 0.4) is 0 Å². The Hall–Kier alpha value is -2.38. The van der Waals surface area contributed by atoms with Crippen molar-refractivity contribution in [3.63, 3.8) is 0 Å². The third kappa shape index (κ3) is 5.56. The van der Waals surface area contributed by atoms with Gasteiger partial charge >= 0.3 is 0 Å². The molecule has 1 aliphatic heterocycles. The number of carbonyl (C=O) groups excluding carboxylic acids is 2. The molecule has 28 heavy (non-hydrogen) atoms. The number of carbonyl (C=O) groups is 2. The van der Waals surface area contributed by atoms with Gasteiger partial charge in [-0.25, -0.2) is 0 Å². The molecule has 150 valence electrons. The molecule has 2 N–H and O–H groups in total. The summed E-state index contributed by atoms with van der Waals surface area (Å²) in [6, 6.07) is 9.97. The fraction of sp³-hybridized carbons (Fsp3) is 0.429. The molecule has 0 unspecified atom stereocenters. The van der Waals surface area contributed by atoms with Gasteiger partial charge in [-0.1, -0.05) is 12.1 Å². The van der Waals surface area contributed by atoms with Crippen LogP contribution < -0.4 is 15.4 Å². The minimum atomic E-state index is -0.137. The number of thiophene rings is 1. The van der Waals surface area contributed by atoms with E-state index in [4.69, 9.17) is 4.74 Å². The van der Waals surface area contributed by atoms with Crippen molar-refractivity contribution in [3.05, 3.63) is 52.2 Å². The normalized spacial score (nSPS) is 15.2. The van der Waals surface area contributed by atoms with E-state index in [-0.39, 0.29) is 24.3 Å². The highest BCUT2D eigenvalue weighted by atomic mass is 32.1. The lowest BCUT2D eigenvalue weighted by atomic mass is 10.1. The third-order valence-electron chi connectivity index (χ3n) is 5.00. The number of methoxy groups -OCH3 is 1. The van der Waals surface area contributed by atoms with E-state index in [0.29, 0.717) is 18.7 Å². The number of hydrogen-bond donors (Lipinski definition) is 2. The monoisotopic (exact) mass is 401 g/mol. The van der Waals surface area contributed by atoms with Crippen molar-refractivity contribution in [2.24, 2.45) is 0 Å². The van der Waals surface area contributed by atoms with Crippen molar-refractivity contribution < 1.29 is 14.3 Å². The highest BCUT2D eigenvalue weighted by Gasteiger charge is 2.24. The van der Waals surface area contributed by atoms with Gasteiger partial charge in [0.15, 0.2) is 0 Å². The maximum absolute atomic E-state index is 12.3. The second-order valence-corrected chi connectivity index (χ2v) is 7.63. The smallest absolute Gasteiger partial charge is 0.252 e. The number of ether oxygens (including phenoxy) is 1. The highest BCUT2D eigenvalue weighted by molar-refractivity contribution is 7.08. The first-order chi connectivity index (χ1) is 13.7. The molecule has 0 aliphatic carbocycles. The van der Waals surface area contributed by atoms with Crippen LogP contribution in [-0.4, -0.2) is 50.0 Å². The summed E-state index contributed by atoms with van der Waals surface area (Å²) in [6.45, 7) is 2.98. The van der Waals surface area contributed by atoms with E-state index in [9.17, 15) is 9.59 Å². The lowest BCUT2D eigenvalue weighted by Gasteiger charge is -2.28. The summed E-state index contributed by atoms with van der Waals surface area (Å²) in [5.41, 5.74) is 1.81. The SMILES string of the molecule is COc1ccc([C@H](CNC(=O)CCNC(=O)c2ccsc2)N2CCCC2)cc1. The van der Waals surface area contributed by atoms with Crippen LogP contribution in [0.5, 0.6) is 5.75 Å². The minimum Gasteiger partial charge on any atom is -0.497 e. The molecule has 2 heterocycles. The summed E-state index contributed by atoms with van der Waals surface area (Å²) in [5.74, 6) is 0.639.